The summed E-state index contributed by atoms with van der Waals surface area (Å²) in [4.78, 5) is 41.8. The molecule has 0 radical (unpaired) electrons. The maximum Gasteiger partial charge on any atom is 0.335 e. The van der Waals surface area contributed by atoms with Gasteiger partial charge in [-0.2, -0.15) is 0 Å². The second kappa shape index (κ2) is 6.80. The fraction of sp³-hybridized carbons (Fsp3) is 0.0714. The number of nitro groups is 3. The van der Waals surface area contributed by atoms with Gasteiger partial charge >= 0.3 is 17.3 Å². The van der Waals surface area contributed by atoms with E-state index < -0.39 is 43.5 Å². The molecule has 134 valence electrons. The summed E-state index contributed by atoms with van der Waals surface area (Å²) < 4.78 is 0. The summed E-state index contributed by atoms with van der Waals surface area (Å²) in [5, 5.41) is 45.1. The molecular weight excluding hydrogens is 352 g/mol. The average molecular weight is 362 g/mol. The number of nitrogens with zero attached hydrogens (tertiary/aromatic N) is 3. The number of hydrogen-bond donors (Lipinski definition) is 2. The minimum atomic E-state index is -1.27. The van der Waals surface area contributed by atoms with Crippen LogP contribution in [0.25, 0.3) is 0 Å². The number of carboxylic acid groups (broad SMARTS) is 1. The first-order valence-corrected chi connectivity index (χ1v) is 6.84. The van der Waals surface area contributed by atoms with Crippen LogP contribution in [0, 0.1) is 37.3 Å². The van der Waals surface area contributed by atoms with Crippen LogP contribution in [0.5, 0.6) is 0 Å². The number of hydrogen-bond acceptors (Lipinski definition) is 8. The third-order valence-electron chi connectivity index (χ3n) is 3.46. The SMILES string of the molecule is Cc1c([N+](=O)[O-])cc([N+](=O)[O-])c(Nc2cccc(C(=O)O)c2)c1[N+](=O)[O-]. The molecule has 12 heteroatoms. The molecule has 0 unspecified atom stereocenters. The van der Waals surface area contributed by atoms with Crippen LogP contribution < -0.4 is 5.32 Å². The van der Waals surface area contributed by atoms with E-state index in [1.165, 1.54) is 18.2 Å². The summed E-state index contributed by atoms with van der Waals surface area (Å²) in [7, 11) is 0. The Balaban J connectivity index is 2.74. The molecule has 0 heterocycles. The zero-order chi connectivity index (χ0) is 19.6. The topological polar surface area (TPSA) is 179 Å². The zero-order valence-corrected chi connectivity index (χ0v) is 13.0. The Morgan fingerprint density at radius 3 is 2.12 bits per heavy atom. The predicted octanol–water partition coefficient (Wildman–Crippen LogP) is 3.16. The fourth-order valence-electron chi connectivity index (χ4n) is 2.30. The molecule has 0 bridgehead atoms. The standard InChI is InChI=1S/C14H10N4O8/c1-7-10(16(21)22)6-11(17(23)24)12(13(7)18(25)26)15-9-4-2-3-8(5-9)14(19)20/h2-6,15H,1H3,(H,19,20). The number of anilines is 2. The number of carbonyl (C=O) groups is 1. The lowest BCUT2D eigenvalue weighted by Gasteiger charge is -2.10. The molecule has 2 N–H and O–H groups in total. The summed E-state index contributed by atoms with van der Waals surface area (Å²) in [6.45, 7) is 1.10. The lowest BCUT2D eigenvalue weighted by Crippen LogP contribution is -2.06. The normalized spacial score (nSPS) is 10.2. The van der Waals surface area contributed by atoms with E-state index in [1.807, 2.05) is 0 Å². The maximum atomic E-state index is 11.4. The van der Waals surface area contributed by atoms with Crippen LogP contribution >= 0.6 is 0 Å². The van der Waals surface area contributed by atoms with Crippen molar-refractivity contribution in [2.75, 3.05) is 5.32 Å². The zero-order valence-electron chi connectivity index (χ0n) is 13.0. The Bertz CT molecular complexity index is 956. The molecule has 0 aromatic heterocycles. The van der Waals surface area contributed by atoms with E-state index in [2.05, 4.69) is 5.32 Å². The second-order valence-corrected chi connectivity index (χ2v) is 5.05. The van der Waals surface area contributed by atoms with Crippen molar-refractivity contribution in [2.45, 2.75) is 6.92 Å². The van der Waals surface area contributed by atoms with E-state index in [1.54, 1.807) is 0 Å². The van der Waals surface area contributed by atoms with Gasteiger partial charge in [-0.1, -0.05) is 6.07 Å². The first-order valence-electron chi connectivity index (χ1n) is 6.84. The van der Waals surface area contributed by atoms with Crippen molar-refractivity contribution in [3.63, 3.8) is 0 Å². The maximum absolute atomic E-state index is 11.4. The van der Waals surface area contributed by atoms with Gasteiger partial charge in [0.15, 0.2) is 5.69 Å². The van der Waals surface area contributed by atoms with Gasteiger partial charge in [0.2, 0.25) is 0 Å². The van der Waals surface area contributed by atoms with Crippen molar-refractivity contribution < 1.29 is 24.7 Å². The molecule has 0 aliphatic carbocycles. The van der Waals surface area contributed by atoms with Crippen LogP contribution in [0.4, 0.5) is 28.4 Å². The highest BCUT2D eigenvalue weighted by Gasteiger charge is 2.34. The summed E-state index contributed by atoms with van der Waals surface area (Å²) >= 11 is 0. The molecular formula is C14H10N4O8. The molecule has 12 nitrogen and oxygen atoms in total. The van der Waals surface area contributed by atoms with Crippen LogP contribution in [-0.2, 0) is 0 Å². The van der Waals surface area contributed by atoms with Crippen LogP contribution in [-0.4, -0.2) is 25.8 Å². The molecule has 0 fully saturated rings. The Morgan fingerprint density at radius 2 is 1.62 bits per heavy atom. The van der Waals surface area contributed by atoms with Crippen molar-refractivity contribution in [3.8, 4) is 0 Å². The van der Waals surface area contributed by atoms with Gasteiger partial charge in [-0.3, -0.25) is 30.3 Å². The van der Waals surface area contributed by atoms with Crippen molar-refractivity contribution >= 4 is 34.4 Å². The molecule has 0 aliphatic heterocycles. The monoisotopic (exact) mass is 362 g/mol. The molecule has 0 aliphatic rings. The first kappa shape index (κ1) is 18.3. The van der Waals surface area contributed by atoms with E-state index in [-0.39, 0.29) is 16.8 Å². The number of nitrogens with one attached hydrogen (secondary N) is 1. The number of aromatic carboxylic acids is 1. The molecule has 0 amide bonds. The number of benzene rings is 2. The first-order chi connectivity index (χ1) is 12.1. The minimum absolute atomic E-state index is 0.0318. The van der Waals surface area contributed by atoms with E-state index in [0.29, 0.717) is 6.07 Å². The Morgan fingerprint density at radius 1 is 1.00 bits per heavy atom. The summed E-state index contributed by atoms with van der Waals surface area (Å²) in [5.74, 6) is -1.27. The van der Waals surface area contributed by atoms with Gasteiger partial charge in [0.05, 0.1) is 26.4 Å². The van der Waals surface area contributed by atoms with Gasteiger partial charge in [-0.25, -0.2) is 4.79 Å². The smallest absolute Gasteiger partial charge is 0.335 e. The van der Waals surface area contributed by atoms with E-state index in [4.69, 9.17) is 5.11 Å². The fourth-order valence-corrected chi connectivity index (χ4v) is 2.30. The highest BCUT2D eigenvalue weighted by Crippen LogP contribution is 2.43. The second-order valence-electron chi connectivity index (χ2n) is 5.05. The van der Waals surface area contributed by atoms with Crippen molar-refractivity contribution in [2.24, 2.45) is 0 Å². The van der Waals surface area contributed by atoms with Gasteiger partial charge in [-0.05, 0) is 25.1 Å². The van der Waals surface area contributed by atoms with E-state index in [9.17, 15) is 35.1 Å². The third kappa shape index (κ3) is 3.38. The summed E-state index contributed by atoms with van der Waals surface area (Å²) in [6.07, 6.45) is 0. The molecule has 26 heavy (non-hydrogen) atoms. The van der Waals surface area contributed by atoms with Crippen molar-refractivity contribution in [1.29, 1.82) is 0 Å². The van der Waals surface area contributed by atoms with Gasteiger partial charge in [0.25, 0.3) is 5.69 Å². The molecule has 0 saturated heterocycles. The van der Waals surface area contributed by atoms with Gasteiger partial charge in [0.1, 0.15) is 5.56 Å². The molecule has 2 rings (SSSR count). The molecule has 0 saturated carbocycles. The van der Waals surface area contributed by atoms with Gasteiger partial charge in [-0.15, -0.1) is 0 Å². The predicted molar refractivity (Wildman–Crippen MR) is 87.8 cm³/mol. The number of rotatable bonds is 6. The van der Waals surface area contributed by atoms with Crippen LogP contribution in [0.15, 0.2) is 30.3 Å². The third-order valence-corrected chi connectivity index (χ3v) is 3.46. The largest absolute Gasteiger partial charge is 0.478 e. The lowest BCUT2D eigenvalue weighted by atomic mass is 10.1. The summed E-state index contributed by atoms with van der Waals surface area (Å²) in [5.41, 5.74) is -3.56. The Kier molecular flexibility index (Phi) is 4.77. The Hall–Kier alpha value is -4.09. The van der Waals surface area contributed by atoms with Crippen LogP contribution in [0.3, 0.4) is 0 Å². The minimum Gasteiger partial charge on any atom is -0.478 e. The summed E-state index contributed by atoms with van der Waals surface area (Å²) in [6, 6.07) is 5.67. The molecule has 2 aromatic rings. The molecule has 0 spiro atoms. The lowest BCUT2D eigenvalue weighted by molar-refractivity contribution is -0.402. The quantitative estimate of drug-likeness (QED) is 0.576. The molecule has 2 aromatic carbocycles. The average Bonchev–Trinajstić information content (AvgIpc) is 2.54. The number of carboxylic acids is 1. The molecule has 0 atom stereocenters. The highest BCUT2D eigenvalue weighted by atomic mass is 16.6. The van der Waals surface area contributed by atoms with Crippen LogP contribution in [0.1, 0.15) is 15.9 Å². The van der Waals surface area contributed by atoms with Crippen LogP contribution in [0.2, 0.25) is 0 Å². The van der Waals surface area contributed by atoms with Gasteiger partial charge in [0, 0.05) is 5.69 Å². The van der Waals surface area contributed by atoms with E-state index >= 15 is 0 Å². The highest BCUT2D eigenvalue weighted by molar-refractivity contribution is 5.90. The Labute approximate surface area is 144 Å². The van der Waals surface area contributed by atoms with Crippen molar-refractivity contribution in [1.82, 2.24) is 0 Å². The van der Waals surface area contributed by atoms with Crippen molar-refractivity contribution in [3.05, 3.63) is 71.8 Å². The van der Waals surface area contributed by atoms with E-state index in [0.717, 1.165) is 13.0 Å². The van der Waals surface area contributed by atoms with Gasteiger partial charge < -0.3 is 10.4 Å². The number of nitro benzene ring substituents is 3.